The van der Waals surface area contributed by atoms with Crippen molar-refractivity contribution in [2.75, 3.05) is 31.5 Å². The zero-order valence-corrected chi connectivity index (χ0v) is 16.1. The van der Waals surface area contributed by atoms with Crippen molar-refractivity contribution in [1.82, 2.24) is 14.2 Å². The molecule has 0 spiro atoms. The molecular weight excluding hydrogens is 379 g/mol. The first-order valence-electron chi connectivity index (χ1n) is 8.98. The van der Waals surface area contributed by atoms with Gasteiger partial charge in [-0.2, -0.15) is 4.37 Å². The monoisotopic (exact) mass is 398 g/mol. The number of carbonyl (C=O) groups is 2. The number of piperazine rings is 1. The van der Waals surface area contributed by atoms with E-state index in [1.807, 2.05) is 25.1 Å². The Morgan fingerprint density at radius 1 is 1.07 bits per heavy atom. The average Bonchev–Trinajstić information content (AvgIpc) is 3.10. The highest BCUT2D eigenvalue weighted by molar-refractivity contribution is 7.13. The number of fused-ring (bicyclic) bond motifs is 1. The van der Waals surface area contributed by atoms with Crippen molar-refractivity contribution < 1.29 is 14.0 Å². The third-order valence-corrected chi connectivity index (χ3v) is 5.58. The van der Waals surface area contributed by atoms with Gasteiger partial charge in [-0.25, -0.2) is 9.18 Å². The molecule has 1 aromatic heterocycles. The molecule has 1 N–H and O–H groups in total. The summed E-state index contributed by atoms with van der Waals surface area (Å²) in [7, 11) is 0. The summed E-state index contributed by atoms with van der Waals surface area (Å²) < 4.78 is 18.6. The Morgan fingerprint density at radius 3 is 2.57 bits per heavy atom. The molecule has 2 aromatic carbocycles. The van der Waals surface area contributed by atoms with Crippen molar-refractivity contribution in [3.05, 3.63) is 59.5 Å². The maximum Gasteiger partial charge on any atom is 0.321 e. The number of benzene rings is 2. The van der Waals surface area contributed by atoms with Gasteiger partial charge in [0.1, 0.15) is 11.5 Å². The molecule has 4 rings (SSSR count). The molecule has 1 aliphatic heterocycles. The van der Waals surface area contributed by atoms with Crippen molar-refractivity contribution >= 4 is 39.2 Å². The maximum atomic E-state index is 13.3. The van der Waals surface area contributed by atoms with Crippen molar-refractivity contribution in [2.45, 2.75) is 6.92 Å². The van der Waals surface area contributed by atoms with E-state index >= 15 is 0 Å². The number of hydrogen-bond donors (Lipinski definition) is 1. The molecule has 8 heteroatoms. The Morgan fingerprint density at radius 2 is 1.82 bits per heavy atom. The lowest BCUT2D eigenvalue weighted by Gasteiger charge is -2.34. The van der Waals surface area contributed by atoms with Crippen molar-refractivity contribution in [3.8, 4) is 0 Å². The number of rotatable bonds is 2. The number of nitrogens with zero attached hydrogens (tertiary/aromatic N) is 3. The van der Waals surface area contributed by atoms with Gasteiger partial charge >= 0.3 is 6.03 Å². The molecule has 0 atom stereocenters. The van der Waals surface area contributed by atoms with Crippen LogP contribution < -0.4 is 5.32 Å². The Kier molecular flexibility index (Phi) is 4.95. The van der Waals surface area contributed by atoms with E-state index in [4.69, 9.17) is 0 Å². The van der Waals surface area contributed by atoms with E-state index in [-0.39, 0.29) is 11.9 Å². The Balaban J connectivity index is 1.40. The van der Waals surface area contributed by atoms with Crippen molar-refractivity contribution in [2.24, 2.45) is 0 Å². The first-order chi connectivity index (χ1) is 13.5. The third-order valence-electron chi connectivity index (χ3n) is 4.76. The fourth-order valence-corrected chi connectivity index (χ4v) is 3.99. The van der Waals surface area contributed by atoms with E-state index in [0.29, 0.717) is 37.6 Å². The molecule has 1 aliphatic rings. The summed E-state index contributed by atoms with van der Waals surface area (Å²) in [6.07, 6.45) is 0. The highest BCUT2D eigenvalue weighted by atomic mass is 32.1. The lowest BCUT2D eigenvalue weighted by Crippen LogP contribution is -2.51. The molecule has 0 saturated carbocycles. The van der Waals surface area contributed by atoms with Crippen LogP contribution in [0.2, 0.25) is 0 Å². The van der Waals surface area contributed by atoms with Gasteiger partial charge < -0.3 is 15.1 Å². The SMILES string of the molecule is Cc1ccc2snc(C(=O)N3CCN(C(=O)Nc4cccc(F)c4)CC3)c2c1. The number of nitrogens with one attached hydrogen (secondary N) is 1. The Bertz CT molecular complexity index is 1040. The summed E-state index contributed by atoms with van der Waals surface area (Å²) in [5, 5.41) is 3.56. The molecule has 3 aromatic rings. The van der Waals surface area contributed by atoms with E-state index in [9.17, 15) is 14.0 Å². The molecule has 0 radical (unpaired) electrons. The van der Waals surface area contributed by atoms with Crippen LogP contribution >= 0.6 is 11.5 Å². The molecule has 144 valence electrons. The van der Waals surface area contributed by atoms with Crippen LogP contribution in [0.25, 0.3) is 10.1 Å². The largest absolute Gasteiger partial charge is 0.334 e. The van der Waals surface area contributed by atoms with Crippen LogP contribution in [0.15, 0.2) is 42.5 Å². The zero-order chi connectivity index (χ0) is 19.7. The van der Waals surface area contributed by atoms with Gasteiger partial charge in [0.2, 0.25) is 0 Å². The predicted molar refractivity (Wildman–Crippen MR) is 107 cm³/mol. The number of aromatic nitrogens is 1. The minimum Gasteiger partial charge on any atom is -0.334 e. The molecular formula is C20H19FN4O2S. The van der Waals surface area contributed by atoms with Gasteiger partial charge in [0.05, 0.1) is 4.70 Å². The molecule has 1 fully saturated rings. The molecule has 6 nitrogen and oxygen atoms in total. The summed E-state index contributed by atoms with van der Waals surface area (Å²) >= 11 is 1.32. The number of amides is 3. The number of carbonyl (C=O) groups excluding carboxylic acids is 2. The smallest absolute Gasteiger partial charge is 0.321 e. The lowest BCUT2D eigenvalue weighted by molar-refractivity contribution is 0.0669. The minimum atomic E-state index is -0.404. The van der Waals surface area contributed by atoms with Crippen LogP contribution in [-0.2, 0) is 0 Å². The minimum absolute atomic E-state index is 0.109. The fraction of sp³-hybridized carbons (Fsp3) is 0.250. The van der Waals surface area contributed by atoms with E-state index in [1.165, 1.54) is 23.7 Å². The van der Waals surface area contributed by atoms with Crippen LogP contribution in [0.3, 0.4) is 0 Å². The normalized spacial score (nSPS) is 14.4. The van der Waals surface area contributed by atoms with Crippen LogP contribution in [0.4, 0.5) is 14.9 Å². The summed E-state index contributed by atoms with van der Waals surface area (Å²) in [5.74, 6) is -0.513. The molecule has 0 bridgehead atoms. The summed E-state index contributed by atoms with van der Waals surface area (Å²) in [4.78, 5) is 28.6. The fourth-order valence-electron chi connectivity index (χ4n) is 3.24. The highest BCUT2D eigenvalue weighted by Gasteiger charge is 2.27. The van der Waals surface area contributed by atoms with Gasteiger partial charge in [0, 0.05) is 37.3 Å². The van der Waals surface area contributed by atoms with E-state index < -0.39 is 5.82 Å². The second-order valence-electron chi connectivity index (χ2n) is 6.75. The van der Waals surface area contributed by atoms with Gasteiger partial charge in [-0.15, -0.1) is 0 Å². The van der Waals surface area contributed by atoms with Crippen LogP contribution in [0.1, 0.15) is 16.1 Å². The van der Waals surface area contributed by atoms with Crippen molar-refractivity contribution in [3.63, 3.8) is 0 Å². The molecule has 0 aliphatic carbocycles. The number of anilines is 1. The summed E-state index contributed by atoms with van der Waals surface area (Å²) in [5.41, 5.74) is 1.97. The quantitative estimate of drug-likeness (QED) is 0.715. The summed E-state index contributed by atoms with van der Waals surface area (Å²) in [6.45, 7) is 3.67. The number of urea groups is 1. The first kappa shape index (κ1) is 18.4. The molecule has 28 heavy (non-hydrogen) atoms. The van der Waals surface area contributed by atoms with Crippen LogP contribution in [-0.4, -0.2) is 52.3 Å². The van der Waals surface area contributed by atoms with Crippen LogP contribution in [0.5, 0.6) is 0 Å². The molecule has 0 unspecified atom stereocenters. The number of halogens is 1. The molecule has 2 heterocycles. The van der Waals surface area contributed by atoms with E-state index in [2.05, 4.69) is 9.69 Å². The van der Waals surface area contributed by atoms with Gasteiger partial charge in [0.25, 0.3) is 5.91 Å². The van der Waals surface area contributed by atoms with Gasteiger partial charge in [-0.1, -0.05) is 17.7 Å². The first-order valence-corrected chi connectivity index (χ1v) is 9.75. The number of aryl methyl sites for hydroxylation is 1. The predicted octanol–water partition coefficient (Wildman–Crippen LogP) is 3.73. The maximum absolute atomic E-state index is 13.3. The Hall–Kier alpha value is -3.00. The van der Waals surface area contributed by atoms with Gasteiger partial charge in [-0.3, -0.25) is 4.79 Å². The zero-order valence-electron chi connectivity index (χ0n) is 15.3. The summed E-state index contributed by atoms with van der Waals surface area (Å²) in [6, 6.07) is 11.4. The number of hydrogen-bond acceptors (Lipinski definition) is 4. The highest BCUT2D eigenvalue weighted by Crippen LogP contribution is 2.25. The molecule has 3 amide bonds. The van der Waals surface area contributed by atoms with Crippen molar-refractivity contribution in [1.29, 1.82) is 0 Å². The standard InChI is InChI=1S/C20H19FN4O2S/c1-13-5-6-17-16(11-13)18(23-28-17)19(26)24-7-9-25(10-8-24)20(27)22-15-4-2-3-14(21)12-15/h2-6,11-12H,7-10H2,1H3,(H,22,27). The topological polar surface area (TPSA) is 65.5 Å². The Labute approximate surface area is 165 Å². The average molecular weight is 398 g/mol. The van der Waals surface area contributed by atoms with Gasteiger partial charge in [0.15, 0.2) is 0 Å². The van der Waals surface area contributed by atoms with Gasteiger partial charge in [-0.05, 0) is 48.8 Å². The third kappa shape index (κ3) is 3.68. The van der Waals surface area contributed by atoms with E-state index in [1.54, 1.807) is 21.9 Å². The molecule has 1 saturated heterocycles. The van der Waals surface area contributed by atoms with Crippen LogP contribution in [0, 0.1) is 12.7 Å². The second kappa shape index (κ2) is 7.55. The second-order valence-corrected chi connectivity index (χ2v) is 7.56. The van der Waals surface area contributed by atoms with E-state index in [0.717, 1.165) is 15.6 Å². The lowest BCUT2D eigenvalue weighted by atomic mass is 10.1.